The molecule has 64 valence electrons. The molecule has 0 bridgehead atoms. The molecular formula is C10H11ClO. The van der Waals surface area contributed by atoms with E-state index in [1.54, 1.807) is 6.07 Å². The Bertz CT molecular complexity index is 307. The smallest absolute Gasteiger partial charge is 0.120 e. The van der Waals surface area contributed by atoms with Gasteiger partial charge < -0.3 is 5.11 Å². The predicted molar refractivity (Wildman–Crippen MR) is 49.8 cm³/mol. The van der Waals surface area contributed by atoms with Gasteiger partial charge in [0.2, 0.25) is 0 Å². The van der Waals surface area contributed by atoms with E-state index in [-0.39, 0.29) is 0 Å². The first-order valence-electron chi connectivity index (χ1n) is 4.27. The lowest BCUT2D eigenvalue weighted by Crippen LogP contribution is -2.02. The van der Waals surface area contributed by atoms with Crippen LogP contribution in [-0.4, -0.2) is 5.11 Å². The van der Waals surface area contributed by atoms with Gasteiger partial charge in [0.1, 0.15) is 5.75 Å². The van der Waals surface area contributed by atoms with Crippen LogP contribution in [0.1, 0.15) is 24.0 Å². The molecule has 1 aliphatic carbocycles. The zero-order chi connectivity index (χ0) is 8.55. The average Bonchev–Trinajstić information content (AvgIpc) is 2.04. The van der Waals surface area contributed by atoms with E-state index in [1.165, 1.54) is 18.4 Å². The first-order valence-corrected chi connectivity index (χ1v) is 4.65. The largest absolute Gasteiger partial charge is 0.508 e. The number of phenolic OH excluding ortho intramolecular Hbond substituents is 1. The lowest BCUT2D eigenvalue weighted by Gasteiger charge is -2.16. The molecular weight excluding hydrogens is 172 g/mol. The van der Waals surface area contributed by atoms with E-state index in [0.29, 0.717) is 10.8 Å². The van der Waals surface area contributed by atoms with Crippen LogP contribution in [-0.2, 0) is 12.8 Å². The number of hydrogen-bond donors (Lipinski definition) is 1. The lowest BCUT2D eigenvalue weighted by atomic mass is 9.91. The second kappa shape index (κ2) is 2.98. The van der Waals surface area contributed by atoms with E-state index in [4.69, 9.17) is 11.6 Å². The van der Waals surface area contributed by atoms with Gasteiger partial charge in [-0.05, 0) is 48.9 Å². The number of hydrogen-bond acceptors (Lipinski definition) is 1. The molecule has 0 amide bonds. The van der Waals surface area contributed by atoms with Crippen LogP contribution in [0.3, 0.4) is 0 Å². The molecule has 0 saturated carbocycles. The monoisotopic (exact) mass is 182 g/mol. The molecule has 0 spiro atoms. The molecule has 0 fully saturated rings. The van der Waals surface area contributed by atoms with Crippen LogP contribution in [0.4, 0.5) is 0 Å². The molecule has 0 aromatic heterocycles. The molecule has 2 rings (SSSR count). The van der Waals surface area contributed by atoms with Gasteiger partial charge >= 0.3 is 0 Å². The van der Waals surface area contributed by atoms with Crippen molar-refractivity contribution >= 4 is 11.6 Å². The summed E-state index contributed by atoms with van der Waals surface area (Å²) in [5.74, 6) is 0.372. The van der Waals surface area contributed by atoms with Crippen molar-refractivity contribution in [3.8, 4) is 5.75 Å². The summed E-state index contributed by atoms with van der Waals surface area (Å²) in [6.45, 7) is 0. The van der Waals surface area contributed by atoms with E-state index in [0.717, 1.165) is 18.4 Å². The van der Waals surface area contributed by atoms with Gasteiger partial charge in [0.15, 0.2) is 0 Å². The van der Waals surface area contributed by atoms with Gasteiger partial charge in [-0.1, -0.05) is 11.6 Å². The Morgan fingerprint density at radius 2 is 1.92 bits per heavy atom. The van der Waals surface area contributed by atoms with Crippen LogP contribution in [0.25, 0.3) is 0 Å². The Morgan fingerprint density at radius 3 is 2.75 bits per heavy atom. The van der Waals surface area contributed by atoms with Gasteiger partial charge in [-0.15, -0.1) is 0 Å². The molecule has 0 heterocycles. The van der Waals surface area contributed by atoms with Gasteiger partial charge in [0, 0.05) is 5.02 Å². The molecule has 12 heavy (non-hydrogen) atoms. The maximum absolute atomic E-state index is 9.55. The van der Waals surface area contributed by atoms with E-state index in [2.05, 4.69) is 0 Å². The van der Waals surface area contributed by atoms with Crippen molar-refractivity contribution in [2.45, 2.75) is 25.7 Å². The molecule has 0 unspecified atom stereocenters. The van der Waals surface area contributed by atoms with Crippen molar-refractivity contribution in [1.29, 1.82) is 0 Å². The number of aromatic hydroxyl groups is 1. The van der Waals surface area contributed by atoms with Crippen LogP contribution >= 0.6 is 11.6 Å². The lowest BCUT2D eigenvalue weighted by molar-refractivity contribution is 0.462. The Morgan fingerprint density at radius 1 is 1.17 bits per heavy atom. The van der Waals surface area contributed by atoms with Crippen molar-refractivity contribution in [3.63, 3.8) is 0 Å². The zero-order valence-corrected chi connectivity index (χ0v) is 7.56. The second-order valence-corrected chi connectivity index (χ2v) is 3.71. The summed E-state index contributed by atoms with van der Waals surface area (Å²) < 4.78 is 0. The maximum atomic E-state index is 9.55. The predicted octanol–water partition coefficient (Wildman–Crippen LogP) is 2.92. The van der Waals surface area contributed by atoms with Crippen LogP contribution in [0, 0.1) is 0 Å². The van der Waals surface area contributed by atoms with Gasteiger partial charge in [0.05, 0.1) is 0 Å². The summed E-state index contributed by atoms with van der Waals surface area (Å²) in [5.41, 5.74) is 2.33. The fourth-order valence-electron chi connectivity index (χ4n) is 1.81. The molecule has 1 aromatic carbocycles. The topological polar surface area (TPSA) is 20.2 Å². The number of rotatable bonds is 0. The molecule has 1 aromatic rings. The number of phenols is 1. The normalized spacial score (nSPS) is 15.8. The highest BCUT2D eigenvalue weighted by Gasteiger charge is 2.13. The van der Waals surface area contributed by atoms with E-state index in [1.807, 2.05) is 6.07 Å². The Kier molecular flexibility index (Phi) is 1.97. The highest BCUT2D eigenvalue weighted by atomic mass is 35.5. The highest BCUT2D eigenvalue weighted by molar-refractivity contribution is 6.30. The van der Waals surface area contributed by atoms with Gasteiger partial charge in [-0.3, -0.25) is 0 Å². The van der Waals surface area contributed by atoms with Crippen LogP contribution in [0.2, 0.25) is 5.02 Å². The summed E-state index contributed by atoms with van der Waals surface area (Å²) in [5, 5.41) is 10.2. The molecule has 1 N–H and O–H groups in total. The number of halogens is 1. The van der Waals surface area contributed by atoms with Crippen LogP contribution in [0.5, 0.6) is 5.75 Å². The third-order valence-corrected chi connectivity index (χ3v) is 2.62. The average molecular weight is 183 g/mol. The maximum Gasteiger partial charge on any atom is 0.120 e. The minimum absolute atomic E-state index is 0.372. The highest BCUT2D eigenvalue weighted by Crippen LogP contribution is 2.31. The van der Waals surface area contributed by atoms with E-state index >= 15 is 0 Å². The van der Waals surface area contributed by atoms with Crippen LogP contribution < -0.4 is 0 Å². The fourth-order valence-corrected chi connectivity index (χ4v) is 2.04. The second-order valence-electron chi connectivity index (χ2n) is 3.27. The number of aryl methyl sites for hydroxylation is 1. The summed E-state index contributed by atoms with van der Waals surface area (Å²) in [6, 6.07) is 3.60. The minimum Gasteiger partial charge on any atom is -0.508 e. The Labute approximate surface area is 77.0 Å². The standard InChI is InChI=1S/C10H11ClO/c11-8-5-7-3-1-2-4-9(7)10(12)6-8/h5-6,12H,1-4H2. The SMILES string of the molecule is Oc1cc(Cl)cc2c1CCCC2. The van der Waals surface area contributed by atoms with Crippen molar-refractivity contribution in [2.24, 2.45) is 0 Å². The minimum atomic E-state index is 0.372. The molecule has 1 nitrogen and oxygen atoms in total. The zero-order valence-electron chi connectivity index (χ0n) is 6.81. The quantitative estimate of drug-likeness (QED) is 0.654. The Balaban J connectivity index is 2.53. The van der Waals surface area contributed by atoms with Crippen LogP contribution in [0.15, 0.2) is 12.1 Å². The van der Waals surface area contributed by atoms with E-state index < -0.39 is 0 Å². The van der Waals surface area contributed by atoms with Crippen molar-refractivity contribution in [1.82, 2.24) is 0 Å². The van der Waals surface area contributed by atoms with Crippen molar-refractivity contribution in [3.05, 3.63) is 28.3 Å². The molecule has 1 aliphatic rings. The summed E-state index contributed by atoms with van der Waals surface area (Å²) >= 11 is 5.82. The number of benzene rings is 1. The first kappa shape index (κ1) is 7.93. The fraction of sp³-hybridized carbons (Fsp3) is 0.400. The summed E-state index contributed by atoms with van der Waals surface area (Å²) in [4.78, 5) is 0. The summed E-state index contributed by atoms with van der Waals surface area (Å²) in [6.07, 6.45) is 4.46. The van der Waals surface area contributed by atoms with Gasteiger partial charge in [-0.25, -0.2) is 0 Å². The molecule has 2 heteroatoms. The van der Waals surface area contributed by atoms with Gasteiger partial charge in [-0.2, -0.15) is 0 Å². The summed E-state index contributed by atoms with van der Waals surface area (Å²) in [7, 11) is 0. The van der Waals surface area contributed by atoms with E-state index in [9.17, 15) is 5.11 Å². The molecule has 0 aliphatic heterocycles. The molecule has 0 saturated heterocycles. The van der Waals surface area contributed by atoms with Crippen molar-refractivity contribution in [2.75, 3.05) is 0 Å². The number of fused-ring (bicyclic) bond motifs is 1. The van der Waals surface area contributed by atoms with Crippen molar-refractivity contribution < 1.29 is 5.11 Å². The molecule has 0 atom stereocenters. The Hall–Kier alpha value is -0.690. The third kappa shape index (κ3) is 1.29. The molecule has 0 radical (unpaired) electrons. The van der Waals surface area contributed by atoms with Gasteiger partial charge in [0.25, 0.3) is 0 Å². The first-order chi connectivity index (χ1) is 5.77. The third-order valence-electron chi connectivity index (χ3n) is 2.41.